The lowest BCUT2D eigenvalue weighted by Crippen LogP contribution is -2.02. The summed E-state index contributed by atoms with van der Waals surface area (Å²) < 4.78 is 2.21. The Bertz CT molecular complexity index is 658. The first kappa shape index (κ1) is 14.1. The van der Waals surface area contributed by atoms with Gasteiger partial charge in [-0.1, -0.05) is 48.2 Å². The molecule has 0 radical (unpaired) electrons. The zero-order chi connectivity index (χ0) is 14.5. The molecule has 0 saturated heterocycles. The second kappa shape index (κ2) is 6.72. The van der Waals surface area contributed by atoms with Crippen molar-refractivity contribution in [2.45, 2.75) is 31.0 Å². The lowest BCUT2D eigenvalue weighted by atomic mass is 10.2. The fourth-order valence-corrected chi connectivity index (χ4v) is 2.96. The van der Waals surface area contributed by atoms with Crippen molar-refractivity contribution in [2.24, 2.45) is 4.99 Å². The van der Waals surface area contributed by atoms with Gasteiger partial charge in [0.05, 0.1) is 0 Å². The number of nitrogens with zero attached hydrogens (tertiary/aromatic N) is 4. The summed E-state index contributed by atoms with van der Waals surface area (Å²) in [6.45, 7) is 0.917. The normalized spacial score (nSPS) is 13.7. The zero-order valence-electron chi connectivity index (χ0n) is 12.1. The molecular weight excluding hydrogens is 280 g/mol. The van der Waals surface area contributed by atoms with E-state index in [1.807, 2.05) is 30.7 Å². The Balaban J connectivity index is 1.76. The summed E-state index contributed by atoms with van der Waals surface area (Å²) >= 11 is 1.64. The largest absolute Gasteiger partial charge is 0.302 e. The molecule has 4 nitrogen and oxygen atoms in total. The van der Waals surface area contributed by atoms with Gasteiger partial charge in [-0.2, -0.15) is 0 Å². The number of hydrogen-bond acceptors (Lipinski definition) is 4. The van der Waals surface area contributed by atoms with Gasteiger partial charge in [-0.15, -0.1) is 10.2 Å². The highest BCUT2D eigenvalue weighted by Crippen LogP contribution is 2.23. The summed E-state index contributed by atoms with van der Waals surface area (Å²) in [5, 5.41) is 9.62. The molecule has 0 atom stereocenters. The summed E-state index contributed by atoms with van der Waals surface area (Å²) in [7, 11) is 0. The number of allylic oxidation sites excluding steroid dienone is 2. The lowest BCUT2D eigenvalue weighted by molar-refractivity contribution is 0.597. The highest BCUT2D eigenvalue weighted by atomic mass is 32.2. The van der Waals surface area contributed by atoms with Crippen LogP contribution in [0.3, 0.4) is 0 Å². The molecular formula is C16H18N4S. The van der Waals surface area contributed by atoms with Gasteiger partial charge in [-0.05, 0) is 19.1 Å². The summed E-state index contributed by atoms with van der Waals surface area (Å²) in [6.07, 6.45) is 9.24. The van der Waals surface area contributed by atoms with Crippen molar-refractivity contribution in [3.63, 3.8) is 0 Å². The SMILES string of the molecule is CSc1nnc(-c2ccccc2)n1CCCC1=CCC=N1. The first-order chi connectivity index (χ1) is 10.4. The third-order valence-electron chi connectivity index (χ3n) is 3.46. The first-order valence-electron chi connectivity index (χ1n) is 7.12. The van der Waals surface area contributed by atoms with Gasteiger partial charge in [-0.3, -0.25) is 4.99 Å². The predicted molar refractivity (Wildman–Crippen MR) is 87.7 cm³/mol. The Labute approximate surface area is 129 Å². The Morgan fingerprint density at radius 2 is 2.05 bits per heavy atom. The van der Waals surface area contributed by atoms with Gasteiger partial charge in [0, 0.05) is 30.4 Å². The van der Waals surface area contributed by atoms with Crippen molar-refractivity contribution in [2.75, 3.05) is 6.26 Å². The highest BCUT2D eigenvalue weighted by molar-refractivity contribution is 7.98. The molecule has 2 aromatic rings. The molecule has 0 bridgehead atoms. The zero-order valence-corrected chi connectivity index (χ0v) is 12.9. The van der Waals surface area contributed by atoms with Crippen LogP contribution in [0.1, 0.15) is 19.3 Å². The van der Waals surface area contributed by atoms with Gasteiger partial charge in [0.15, 0.2) is 11.0 Å². The standard InChI is InChI=1S/C16H18N4S/c1-21-16-19-18-15(13-7-3-2-4-8-13)20(16)12-6-10-14-9-5-11-17-14/h2-4,7-9,11H,5-6,10,12H2,1H3. The van der Waals surface area contributed by atoms with E-state index >= 15 is 0 Å². The average molecular weight is 298 g/mol. The molecule has 1 aromatic heterocycles. The molecule has 0 spiro atoms. The lowest BCUT2D eigenvalue weighted by Gasteiger charge is -2.09. The molecule has 0 saturated carbocycles. The molecule has 0 unspecified atom stereocenters. The van der Waals surface area contributed by atoms with Crippen molar-refractivity contribution < 1.29 is 0 Å². The van der Waals surface area contributed by atoms with Crippen molar-refractivity contribution in [3.8, 4) is 11.4 Å². The number of benzene rings is 1. The minimum atomic E-state index is 0.917. The van der Waals surface area contributed by atoms with Crippen LogP contribution >= 0.6 is 11.8 Å². The third-order valence-corrected chi connectivity index (χ3v) is 4.13. The van der Waals surface area contributed by atoms with Crippen LogP contribution < -0.4 is 0 Å². The van der Waals surface area contributed by atoms with Crippen LogP contribution in [0.15, 0.2) is 52.3 Å². The van der Waals surface area contributed by atoms with E-state index in [9.17, 15) is 0 Å². The predicted octanol–water partition coefficient (Wildman–Crippen LogP) is 3.81. The fourth-order valence-electron chi connectivity index (χ4n) is 2.44. The maximum atomic E-state index is 4.37. The first-order valence-corrected chi connectivity index (χ1v) is 8.35. The van der Waals surface area contributed by atoms with Gasteiger partial charge in [0.1, 0.15) is 0 Å². The Kier molecular flexibility index (Phi) is 4.50. The molecule has 0 aliphatic carbocycles. The number of hydrogen-bond donors (Lipinski definition) is 0. The van der Waals surface area contributed by atoms with E-state index in [0.29, 0.717) is 0 Å². The Hall–Kier alpha value is -1.88. The molecule has 108 valence electrons. The monoisotopic (exact) mass is 298 g/mol. The van der Waals surface area contributed by atoms with Crippen LogP contribution in [0.2, 0.25) is 0 Å². The number of thioether (sulfide) groups is 1. The van der Waals surface area contributed by atoms with Crippen molar-refractivity contribution in [1.29, 1.82) is 0 Å². The van der Waals surface area contributed by atoms with Crippen molar-refractivity contribution >= 4 is 18.0 Å². The van der Waals surface area contributed by atoms with E-state index in [2.05, 4.69) is 38.0 Å². The number of rotatable bonds is 6. The Morgan fingerprint density at radius 3 is 2.76 bits per heavy atom. The van der Waals surface area contributed by atoms with Crippen molar-refractivity contribution in [3.05, 3.63) is 42.1 Å². The van der Waals surface area contributed by atoms with Gasteiger partial charge < -0.3 is 4.57 Å². The smallest absolute Gasteiger partial charge is 0.191 e. The molecule has 3 rings (SSSR count). The molecule has 0 amide bonds. The average Bonchev–Trinajstić information content (AvgIpc) is 3.17. The molecule has 1 aliphatic rings. The van der Waals surface area contributed by atoms with Crippen LogP contribution in [0.4, 0.5) is 0 Å². The van der Waals surface area contributed by atoms with E-state index in [1.165, 1.54) is 5.70 Å². The van der Waals surface area contributed by atoms with E-state index in [-0.39, 0.29) is 0 Å². The molecule has 0 fully saturated rings. The summed E-state index contributed by atoms with van der Waals surface area (Å²) in [5.74, 6) is 0.948. The topological polar surface area (TPSA) is 43.1 Å². The maximum Gasteiger partial charge on any atom is 0.191 e. The van der Waals surface area contributed by atoms with Crippen LogP contribution in [0, 0.1) is 0 Å². The minimum absolute atomic E-state index is 0.917. The van der Waals surface area contributed by atoms with Gasteiger partial charge >= 0.3 is 0 Å². The van der Waals surface area contributed by atoms with E-state index < -0.39 is 0 Å². The third kappa shape index (κ3) is 3.24. The summed E-state index contributed by atoms with van der Waals surface area (Å²) in [6, 6.07) is 10.2. The van der Waals surface area contributed by atoms with Crippen molar-refractivity contribution in [1.82, 2.24) is 14.8 Å². The summed E-state index contributed by atoms with van der Waals surface area (Å²) in [5.41, 5.74) is 2.32. The second-order valence-electron chi connectivity index (χ2n) is 4.87. The van der Waals surface area contributed by atoms with E-state index in [4.69, 9.17) is 0 Å². The molecule has 2 heterocycles. The molecule has 1 aliphatic heterocycles. The van der Waals surface area contributed by atoms with Crippen LogP contribution in [-0.4, -0.2) is 27.2 Å². The van der Waals surface area contributed by atoms with E-state index in [1.54, 1.807) is 11.8 Å². The van der Waals surface area contributed by atoms with Crippen LogP contribution in [0.25, 0.3) is 11.4 Å². The highest BCUT2D eigenvalue weighted by Gasteiger charge is 2.13. The molecule has 1 aromatic carbocycles. The van der Waals surface area contributed by atoms with Gasteiger partial charge in [0.25, 0.3) is 0 Å². The number of aromatic nitrogens is 3. The van der Waals surface area contributed by atoms with E-state index in [0.717, 1.165) is 42.4 Å². The number of aliphatic imine (C=N–C) groups is 1. The summed E-state index contributed by atoms with van der Waals surface area (Å²) in [4.78, 5) is 4.37. The van der Waals surface area contributed by atoms with Gasteiger partial charge in [-0.25, -0.2) is 0 Å². The van der Waals surface area contributed by atoms with Crippen LogP contribution in [-0.2, 0) is 6.54 Å². The molecule has 5 heteroatoms. The van der Waals surface area contributed by atoms with Crippen LogP contribution in [0.5, 0.6) is 0 Å². The quantitative estimate of drug-likeness (QED) is 0.762. The maximum absolute atomic E-state index is 4.37. The Morgan fingerprint density at radius 1 is 1.19 bits per heavy atom. The fraction of sp³-hybridized carbons (Fsp3) is 0.312. The van der Waals surface area contributed by atoms with Gasteiger partial charge in [0.2, 0.25) is 0 Å². The molecule has 0 N–H and O–H groups in total. The molecule has 21 heavy (non-hydrogen) atoms. The minimum Gasteiger partial charge on any atom is -0.302 e. The second-order valence-corrected chi connectivity index (χ2v) is 5.65.